The molecule has 0 spiro atoms. The van der Waals surface area contributed by atoms with Gasteiger partial charge in [-0.15, -0.1) is 0 Å². The van der Waals surface area contributed by atoms with Crippen molar-refractivity contribution in [3.8, 4) is 23.3 Å². The van der Waals surface area contributed by atoms with Crippen LogP contribution in [0.5, 0.6) is 17.2 Å². The second-order valence-corrected chi connectivity index (χ2v) is 7.31. The molecule has 3 aromatic carbocycles. The van der Waals surface area contributed by atoms with Crippen molar-refractivity contribution in [2.24, 2.45) is 0 Å². The van der Waals surface area contributed by atoms with Crippen LogP contribution in [0.25, 0.3) is 6.08 Å². The Balaban J connectivity index is 1.65. The smallest absolute Gasteiger partial charge is 0.262 e. The maximum Gasteiger partial charge on any atom is 0.262 e. The Morgan fingerprint density at radius 3 is 2.33 bits per heavy atom. The first-order valence-corrected chi connectivity index (χ1v) is 10.5. The standard InChI is InChI=1S/C27H26N2O4/c1-19(21-7-5-4-6-8-21)29-27(30)22(17-28)15-20-9-11-24(12-10-20)33-18-23-16-25(31-2)13-14-26(23)32-3/h4-16,19H,18H2,1-3H3,(H,29,30)/b22-15+/t19-/m0/s1. The molecule has 168 valence electrons. The Kier molecular flexibility index (Phi) is 8.09. The molecule has 1 N–H and O–H groups in total. The van der Waals surface area contributed by atoms with E-state index in [1.807, 2.05) is 61.5 Å². The summed E-state index contributed by atoms with van der Waals surface area (Å²) in [7, 11) is 3.22. The summed E-state index contributed by atoms with van der Waals surface area (Å²) in [5, 5.41) is 12.3. The van der Waals surface area contributed by atoms with E-state index in [1.165, 1.54) is 0 Å². The summed E-state index contributed by atoms with van der Waals surface area (Å²) < 4.78 is 16.5. The molecule has 0 aromatic heterocycles. The topological polar surface area (TPSA) is 80.6 Å². The van der Waals surface area contributed by atoms with Gasteiger partial charge in [-0.05, 0) is 54.5 Å². The van der Waals surface area contributed by atoms with E-state index in [-0.39, 0.29) is 11.6 Å². The number of carbonyl (C=O) groups excluding carboxylic acids is 1. The van der Waals surface area contributed by atoms with Gasteiger partial charge in [-0.25, -0.2) is 0 Å². The number of nitriles is 1. The number of nitrogens with zero attached hydrogens (tertiary/aromatic N) is 1. The van der Waals surface area contributed by atoms with Crippen LogP contribution < -0.4 is 19.5 Å². The van der Waals surface area contributed by atoms with Crippen LogP contribution in [-0.4, -0.2) is 20.1 Å². The normalized spacial score (nSPS) is 11.8. The highest BCUT2D eigenvalue weighted by atomic mass is 16.5. The van der Waals surface area contributed by atoms with Crippen LogP contribution in [0.3, 0.4) is 0 Å². The second kappa shape index (κ2) is 11.4. The van der Waals surface area contributed by atoms with Gasteiger partial charge in [0.1, 0.15) is 35.5 Å². The summed E-state index contributed by atoms with van der Waals surface area (Å²) in [6.45, 7) is 2.18. The number of ether oxygens (including phenoxy) is 3. The second-order valence-electron chi connectivity index (χ2n) is 7.31. The summed E-state index contributed by atoms with van der Waals surface area (Å²) in [5.74, 6) is 1.67. The van der Waals surface area contributed by atoms with E-state index in [0.29, 0.717) is 18.1 Å². The Morgan fingerprint density at radius 1 is 1.00 bits per heavy atom. The van der Waals surface area contributed by atoms with E-state index in [9.17, 15) is 10.1 Å². The minimum Gasteiger partial charge on any atom is -0.497 e. The van der Waals surface area contributed by atoms with Gasteiger partial charge in [0.05, 0.1) is 20.3 Å². The van der Waals surface area contributed by atoms with Gasteiger partial charge in [-0.2, -0.15) is 5.26 Å². The van der Waals surface area contributed by atoms with Gasteiger partial charge in [0, 0.05) is 5.56 Å². The molecule has 3 rings (SSSR count). The first-order chi connectivity index (χ1) is 16.0. The third-order valence-electron chi connectivity index (χ3n) is 5.09. The average molecular weight is 443 g/mol. The number of hydrogen-bond donors (Lipinski definition) is 1. The van der Waals surface area contributed by atoms with E-state index >= 15 is 0 Å². The van der Waals surface area contributed by atoms with E-state index in [1.54, 1.807) is 44.6 Å². The van der Waals surface area contributed by atoms with Crippen LogP contribution in [0.2, 0.25) is 0 Å². The number of rotatable bonds is 9. The molecule has 0 saturated carbocycles. The summed E-state index contributed by atoms with van der Waals surface area (Å²) in [6.07, 6.45) is 1.56. The van der Waals surface area contributed by atoms with Gasteiger partial charge in [0.15, 0.2) is 0 Å². The highest BCUT2D eigenvalue weighted by molar-refractivity contribution is 6.01. The molecule has 3 aromatic rings. The van der Waals surface area contributed by atoms with Crippen molar-refractivity contribution in [1.29, 1.82) is 5.26 Å². The fourth-order valence-electron chi connectivity index (χ4n) is 3.23. The molecule has 0 heterocycles. The molecular weight excluding hydrogens is 416 g/mol. The minimum absolute atomic E-state index is 0.0348. The highest BCUT2D eigenvalue weighted by Gasteiger charge is 2.14. The van der Waals surface area contributed by atoms with E-state index in [0.717, 1.165) is 22.4 Å². The summed E-state index contributed by atoms with van der Waals surface area (Å²) >= 11 is 0. The van der Waals surface area contributed by atoms with Gasteiger partial charge < -0.3 is 19.5 Å². The first-order valence-electron chi connectivity index (χ1n) is 10.5. The van der Waals surface area contributed by atoms with Crippen molar-refractivity contribution in [3.05, 3.63) is 95.1 Å². The summed E-state index contributed by atoms with van der Waals surface area (Å²) in [4.78, 5) is 12.6. The molecule has 1 atom stereocenters. The van der Waals surface area contributed by atoms with Crippen LogP contribution in [0.15, 0.2) is 78.4 Å². The molecule has 0 aliphatic heterocycles. The predicted octanol–water partition coefficient (Wildman–Crippen LogP) is 5.07. The molecule has 0 radical (unpaired) electrons. The molecule has 0 saturated heterocycles. The lowest BCUT2D eigenvalue weighted by atomic mass is 10.1. The number of methoxy groups -OCH3 is 2. The largest absolute Gasteiger partial charge is 0.497 e. The minimum atomic E-state index is -0.417. The molecular formula is C27H26N2O4. The Bertz CT molecular complexity index is 1150. The Labute approximate surface area is 194 Å². The molecule has 6 nitrogen and oxygen atoms in total. The first kappa shape index (κ1) is 23.4. The van der Waals surface area contributed by atoms with Gasteiger partial charge in [0.2, 0.25) is 0 Å². The monoisotopic (exact) mass is 442 g/mol. The molecule has 0 aliphatic rings. The zero-order chi connectivity index (χ0) is 23.6. The van der Waals surface area contributed by atoms with Crippen LogP contribution in [0.4, 0.5) is 0 Å². The zero-order valence-corrected chi connectivity index (χ0v) is 18.9. The van der Waals surface area contributed by atoms with Crippen LogP contribution in [-0.2, 0) is 11.4 Å². The molecule has 0 unspecified atom stereocenters. The predicted molar refractivity (Wildman–Crippen MR) is 127 cm³/mol. The van der Waals surface area contributed by atoms with Crippen molar-refractivity contribution in [3.63, 3.8) is 0 Å². The third kappa shape index (κ3) is 6.37. The Morgan fingerprint density at radius 2 is 1.70 bits per heavy atom. The van der Waals surface area contributed by atoms with Gasteiger partial charge in [-0.1, -0.05) is 42.5 Å². The highest BCUT2D eigenvalue weighted by Crippen LogP contribution is 2.26. The lowest BCUT2D eigenvalue weighted by Gasteiger charge is -2.14. The van der Waals surface area contributed by atoms with Gasteiger partial charge in [0.25, 0.3) is 5.91 Å². The summed E-state index contributed by atoms with van der Waals surface area (Å²) in [5.41, 5.74) is 2.59. The average Bonchev–Trinajstić information content (AvgIpc) is 2.86. The van der Waals surface area contributed by atoms with Crippen molar-refractivity contribution in [2.45, 2.75) is 19.6 Å². The van der Waals surface area contributed by atoms with Crippen LogP contribution in [0, 0.1) is 11.3 Å². The number of benzene rings is 3. The molecule has 0 aliphatic carbocycles. The molecule has 0 fully saturated rings. The quantitative estimate of drug-likeness (QED) is 0.370. The summed E-state index contributed by atoms with van der Waals surface area (Å²) in [6, 6.07) is 24.1. The van der Waals surface area contributed by atoms with Gasteiger partial charge in [-0.3, -0.25) is 4.79 Å². The molecule has 0 bridgehead atoms. The van der Waals surface area contributed by atoms with Crippen molar-refractivity contribution >= 4 is 12.0 Å². The molecule has 1 amide bonds. The maximum absolute atomic E-state index is 12.6. The third-order valence-corrected chi connectivity index (χ3v) is 5.09. The molecule has 6 heteroatoms. The zero-order valence-electron chi connectivity index (χ0n) is 18.9. The lowest BCUT2D eigenvalue weighted by molar-refractivity contribution is -0.117. The fourth-order valence-corrected chi connectivity index (χ4v) is 3.23. The van der Waals surface area contributed by atoms with Crippen molar-refractivity contribution < 1.29 is 19.0 Å². The van der Waals surface area contributed by atoms with E-state index in [4.69, 9.17) is 14.2 Å². The number of nitrogens with one attached hydrogen (secondary N) is 1. The van der Waals surface area contributed by atoms with Gasteiger partial charge >= 0.3 is 0 Å². The number of carbonyl (C=O) groups is 1. The SMILES string of the molecule is COc1ccc(OC)c(COc2ccc(/C=C(\C#N)C(=O)N[C@@H](C)c3ccccc3)cc2)c1. The number of hydrogen-bond acceptors (Lipinski definition) is 5. The number of amides is 1. The van der Waals surface area contributed by atoms with Crippen molar-refractivity contribution in [2.75, 3.05) is 14.2 Å². The van der Waals surface area contributed by atoms with Crippen LogP contribution in [0.1, 0.15) is 29.7 Å². The van der Waals surface area contributed by atoms with Crippen LogP contribution >= 0.6 is 0 Å². The fraction of sp³-hybridized carbons (Fsp3) is 0.185. The maximum atomic E-state index is 12.6. The lowest BCUT2D eigenvalue weighted by Crippen LogP contribution is -2.27. The van der Waals surface area contributed by atoms with E-state index < -0.39 is 5.91 Å². The van der Waals surface area contributed by atoms with Crippen molar-refractivity contribution in [1.82, 2.24) is 5.32 Å². The molecule has 33 heavy (non-hydrogen) atoms. The van der Waals surface area contributed by atoms with E-state index in [2.05, 4.69) is 5.32 Å². The Hall–Kier alpha value is -4.24.